The molecule has 0 bridgehead atoms. The number of nitrogens with zero attached hydrogens (tertiary/aromatic N) is 2. The number of nitrogens with one attached hydrogen (secondary N) is 1. The highest BCUT2D eigenvalue weighted by Crippen LogP contribution is 2.16. The monoisotopic (exact) mass is 363 g/mol. The molecule has 0 atom stereocenters. The Kier molecular flexibility index (Phi) is 4.68. The molecule has 1 aliphatic rings. The van der Waals surface area contributed by atoms with Gasteiger partial charge in [0.1, 0.15) is 4.90 Å². The smallest absolute Gasteiger partial charge is 0.248 e. The van der Waals surface area contributed by atoms with Gasteiger partial charge in [-0.2, -0.15) is 4.31 Å². The van der Waals surface area contributed by atoms with Crippen LogP contribution < -0.4 is 5.43 Å². The Labute approximate surface area is 127 Å². The number of halogens is 1. The zero-order chi connectivity index (χ0) is 14.9. The van der Waals surface area contributed by atoms with Crippen molar-refractivity contribution in [3.05, 3.63) is 27.1 Å². The number of rotatable bonds is 3. The zero-order valence-corrected chi connectivity index (χ0v) is 13.9. The molecule has 1 N–H and O–H groups in total. The van der Waals surface area contributed by atoms with Crippen molar-refractivity contribution >= 4 is 26.0 Å². The molecule has 1 fully saturated rings. The molecule has 0 aliphatic carbocycles. The summed E-state index contributed by atoms with van der Waals surface area (Å²) in [6.45, 7) is 6.36. The topological polar surface area (TPSA) is 73.5 Å². The van der Waals surface area contributed by atoms with Crippen molar-refractivity contribution < 1.29 is 8.42 Å². The number of aromatic nitrogens is 1. The lowest BCUT2D eigenvalue weighted by Gasteiger charge is -2.36. The van der Waals surface area contributed by atoms with Crippen molar-refractivity contribution in [3.63, 3.8) is 0 Å². The Balaban J connectivity index is 2.25. The lowest BCUT2D eigenvalue weighted by atomic mass is 10.3. The van der Waals surface area contributed by atoms with E-state index in [1.165, 1.54) is 16.7 Å². The SMILES string of the molecule is CC(C)N1CCN(S(=O)(=O)c2c[nH]cc(Br)c2=O)CC1. The predicted octanol–water partition coefficient (Wildman–Crippen LogP) is 0.852. The maximum Gasteiger partial charge on any atom is 0.248 e. The van der Waals surface area contributed by atoms with Gasteiger partial charge in [-0.05, 0) is 29.8 Å². The molecule has 6 nitrogen and oxygen atoms in total. The summed E-state index contributed by atoms with van der Waals surface area (Å²) in [7, 11) is -3.73. The molecule has 2 rings (SSSR count). The molecular weight excluding hydrogens is 346 g/mol. The first-order chi connectivity index (χ1) is 9.34. The van der Waals surface area contributed by atoms with Gasteiger partial charge in [0.25, 0.3) is 0 Å². The van der Waals surface area contributed by atoms with E-state index in [0.717, 1.165) is 0 Å². The van der Waals surface area contributed by atoms with Gasteiger partial charge in [0.05, 0.1) is 4.47 Å². The second-order valence-electron chi connectivity index (χ2n) is 5.03. The van der Waals surface area contributed by atoms with Crippen LogP contribution in [0.2, 0.25) is 0 Å². The third kappa shape index (κ3) is 2.98. The lowest BCUT2D eigenvalue weighted by molar-refractivity contribution is 0.154. The van der Waals surface area contributed by atoms with Crippen LogP contribution in [0.4, 0.5) is 0 Å². The standard InChI is InChI=1S/C12H18BrN3O3S/c1-9(2)15-3-5-16(6-4-15)20(18,19)11-8-14-7-10(13)12(11)17/h7-9H,3-6H2,1-2H3,(H,14,17). The minimum Gasteiger partial charge on any atom is -0.365 e. The fourth-order valence-corrected chi connectivity index (χ4v) is 4.19. The number of piperazine rings is 1. The highest BCUT2D eigenvalue weighted by Gasteiger charge is 2.31. The largest absolute Gasteiger partial charge is 0.365 e. The lowest BCUT2D eigenvalue weighted by Crippen LogP contribution is -2.51. The molecule has 0 amide bonds. The van der Waals surface area contributed by atoms with Crippen LogP contribution in [0.1, 0.15) is 13.8 Å². The molecule has 0 aromatic carbocycles. The zero-order valence-electron chi connectivity index (χ0n) is 11.5. The van der Waals surface area contributed by atoms with Gasteiger partial charge in [0.2, 0.25) is 15.5 Å². The maximum atomic E-state index is 12.5. The summed E-state index contributed by atoms with van der Waals surface area (Å²) in [6, 6.07) is 0.397. The Morgan fingerprint density at radius 1 is 1.20 bits per heavy atom. The van der Waals surface area contributed by atoms with Gasteiger partial charge in [-0.1, -0.05) is 0 Å². The molecule has 20 heavy (non-hydrogen) atoms. The Morgan fingerprint density at radius 3 is 2.35 bits per heavy atom. The molecule has 0 saturated carbocycles. The summed E-state index contributed by atoms with van der Waals surface area (Å²) in [5.41, 5.74) is -0.505. The molecule has 1 aromatic rings. The molecule has 2 heterocycles. The molecule has 0 unspecified atom stereocenters. The van der Waals surface area contributed by atoms with E-state index >= 15 is 0 Å². The number of aromatic amines is 1. The summed E-state index contributed by atoms with van der Waals surface area (Å²) >= 11 is 3.06. The summed E-state index contributed by atoms with van der Waals surface area (Å²) in [5.74, 6) is 0. The maximum absolute atomic E-state index is 12.5. The van der Waals surface area contributed by atoms with Gasteiger partial charge in [0.15, 0.2) is 0 Å². The van der Waals surface area contributed by atoms with Crippen LogP contribution in [0, 0.1) is 0 Å². The fraction of sp³-hybridized carbons (Fsp3) is 0.583. The molecular formula is C12H18BrN3O3S. The minimum absolute atomic E-state index is 0.204. The van der Waals surface area contributed by atoms with E-state index in [1.807, 2.05) is 0 Å². The highest BCUT2D eigenvalue weighted by atomic mass is 79.9. The second-order valence-corrected chi connectivity index (χ2v) is 7.79. The van der Waals surface area contributed by atoms with Gasteiger partial charge in [0, 0.05) is 44.6 Å². The summed E-state index contributed by atoms with van der Waals surface area (Å²) in [6.07, 6.45) is 2.68. The van der Waals surface area contributed by atoms with E-state index < -0.39 is 15.5 Å². The van der Waals surface area contributed by atoms with Crippen LogP contribution in [0.15, 0.2) is 26.6 Å². The molecule has 0 spiro atoms. The van der Waals surface area contributed by atoms with Crippen molar-refractivity contribution in [2.24, 2.45) is 0 Å². The number of H-pyrrole nitrogens is 1. The molecule has 112 valence electrons. The van der Waals surface area contributed by atoms with E-state index in [1.54, 1.807) is 0 Å². The summed E-state index contributed by atoms with van der Waals surface area (Å²) < 4.78 is 26.6. The first-order valence-corrected chi connectivity index (χ1v) is 8.68. The van der Waals surface area contributed by atoms with E-state index in [2.05, 4.69) is 39.7 Å². The van der Waals surface area contributed by atoms with Crippen molar-refractivity contribution in [3.8, 4) is 0 Å². The molecule has 0 radical (unpaired) electrons. The fourth-order valence-electron chi connectivity index (χ4n) is 2.23. The van der Waals surface area contributed by atoms with Gasteiger partial charge in [-0.25, -0.2) is 8.42 Å². The van der Waals surface area contributed by atoms with E-state index in [-0.39, 0.29) is 9.37 Å². The number of hydrogen-bond acceptors (Lipinski definition) is 4. The summed E-state index contributed by atoms with van der Waals surface area (Å²) in [4.78, 5) is 16.6. The highest BCUT2D eigenvalue weighted by molar-refractivity contribution is 9.10. The molecule has 1 aliphatic heterocycles. The normalized spacial score (nSPS) is 18.6. The van der Waals surface area contributed by atoms with Crippen LogP contribution in [-0.2, 0) is 10.0 Å². The molecule has 1 saturated heterocycles. The van der Waals surface area contributed by atoms with Crippen LogP contribution in [0.5, 0.6) is 0 Å². The van der Waals surface area contributed by atoms with Crippen molar-refractivity contribution in [1.82, 2.24) is 14.2 Å². The van der Waals surface area contributed by atoms with Crippen molar-refractivity contribution in [2.45, 2.75) is 24.8 Å². The number of pyridine rings is 1. The van der Waals surface area contributed by atoms with Crippen LogP contribution in [0.25, 0.3) is 0 Å². The molecule has 8 heteroatoms. The average molecular weight is 364 g/mol. The van der Waals surface area contributed by atoms with E-state index in [9.17, 15) is 13.2 Å². The third-order valence-corrected chi connectivity index (χ3v) is 5.98. The van der Waals surface area contributed by atoms with Crippen molar-refractivity contribution in [2.75, 3.05) is 26.2 Å². The average Bonchev–Trinajstić information content (AvgIpc) is 2.41. The quantitative estimate of drug-likeness (QED) is 0.863. The van der Waals surface area contributed by atoms with Gasteiger partial charge in [-0.3, -0.25) is 9.69 Å². The Bertz CT molecular complexity index is 634. The first kappa shape index (κ1) is 15.7. The number of hydrogen-bond donors (Lipinski definition) is 1. The molecule has 1 aromatic heterocycles. The van der Waals surface area contributed by atoms with Crippen LogP contribution in [0.3, 0.4) is 0 Å². The van der Waals surface area contributed by atoms with Gasteiger partial charge >= 0.3 is 0 Å². The van der Waals surface area contributed by atoms with Gasteiger partial charge < -0.3 is 4.98 Å². The third-order valence-electron chi connectivity index (χ3n) is 3.49. The van der Waals surface area contributed by atoms with Crippen LogP contribution >= 0.6 is 15.9 Å². The van der Waals surface area contributed by atoms with Crippen molar-refractivity contribution in [1.29, 1.82) is 0 Å². The number of sulfonamides is 1. The van der Waals surface area contributed by atoms with E-state index in [0.29, 0.717) is 32.2 Å². The predicted molar refractivity (Wildman–Crippen MR) is 80.2 cm³/mol. The Morgan fingerprint density at radius 2 is 1.80 bits per heavy atom. The minimum atomic E-state index is -3.73. The Hall–Kier alpha value is -0.700. The van der Waals surface area contributed by atoms with E-state index in [4.69, 9.17) is 0 Å². The first-order valence-electron chi connectivity index (χ1n) is 6.45. The second kappa shape index (κ2) is 5.97. The van der Waals surface area contributed by atoms with Crippen LogP contribution in [-0.4, -0.2) is 54.8 Å². The van der Waals surface area contributed by atoms with Gasteiger partial charge in [-0.15, -0.1) is 0 Å². The summed E-state index contributed by atoms with van der Waals surface area (Å²) in [5, 5.41) is 0.